The van der Waals surface area contributed by atoms with E-state index in [1.165, 1.54) is 16.7 Å². The van der Waals surface area contributed by atoms with E-state index in [2.05, 4.69) is 57.0 Å². The zero-order valence-corrected chi connectivity index (χ0v) is 14.2. The van der Waals surface area contributed by atoms with E-state index in [0.717, 1.165) is 30.3 Å². The van der Waals surface area contributed by atoms with Gasteiger partial charge in [-0.2, -0.15) is 0 Å². The minimum Gasteiger partial charge on any atom is -0.349 e. The zero-order chi connectivity index (χ0) is 13.7. The van der Waals surface area contributed by atoms with Crippen molar-refractivity contribution in [3.05, 3.63) is 28.8 Å². The third kappa shape index (κ3) is 5.47. The number of thiocarbonyl (C=S) groups is 1. The van der Waals surface area contributed by atoms with Crippen molar-refractivity contribution in [3.8, 4) is 0 Å². The number of aryl methyl sites for hydroxylation is 3. The Labute approximate surface area is 129 Å². The van der Waals surface area contributed by atoms with E-state index in [1.54, 1.807) is 0 Å². The Morgan fingerprint density at radius 1 is 1.11 bits per heavy atom. The second-order valence-corrected chi connectivity index (χ2v) is 5.28. The summed E-state index contributed by atoms with van der Waals surface area (Å²) in [6.07, 6.45) is 0. The SMILES string of the molecule is CCN(CC)CC(=S)Nc1c(C)cc(C)cc1C.Cl. The summed E-state index contributed by atoms with van der Waals surface area (Å²) in [5.41, 5.74) is 4.98. The lowest BCUT2D eigenvalue weighted by Crippen LogP contribution is -2.32. The average Bonchev–Trinajstić information content (AvgIpc) is 2.30. The molecule has 4 heteroatoms. The molecule has 0 amide bonds. The molecule has 108 valence electrons. The lowest BCUT2D eigenvalue weighted by atomic mass is 10.1. The van der Waals surface area contributed by atoms with Crippen LogP contribution in [-0.4, -0.2) is 29.5 Å². The van der Waals surface area contributed by atoms with Gasteiger partial charge in [-0.3, -0.25) is 4.90 Å². The molecule has 19 heavy (non-hydrogen) atoms. The number of hydrogen-bond acceptors (Lipinski definition) is 2. The quantitative estimate of drug-likeness (QED) is 0.824. The van der Waals surface area contributed by atoms with E-state index in [-0.39, 0.29) is 12.4 Å². The molecule has 1 aromatic carbocycles. The summed E-state index contributed by atoms with van der Waals surface area (Å²) < 4.78 is 0. The molecule has 0 radical (unpaired) electrons. The highest BCUT2D eigenvalue weighted by molar-refractivity contribution is 7.80. The molecule has 0 saturated carbocycles. The van der Waals surface area contributed by atoms with E-state index < -0.39 is 0 Å². The fraction of sp³-hybridized carbons (Fsp3) is 0.533. The average molecular weight is 301 g/mol. The number of rotatable bonds is 5. The van der Waals surface area contributed by atoms with Crippen LogP contribution in [0.2, 0.25) is 0 Å². The first kappa shape index (κ1) is 18.4. The molecule has 0 aliphatic heterocycles. The van der Waals surface area contributed by atoms with Gasteiger partial charge in [0, 0.05) is 12.2 Å². The third-order valence-electron chi connectivity index (χ3n) is 3.20. The normalized spacial score (nSPS) is 10.2. The molecule has 1 N–H and O–H groups in total. The van der Waals surface area contributed by atoms with Gasteiger partial charge in [-0.1, -0.05) is 43.8 Å². The van der Waals surface area contributed by atoms with Crippen molar-refractivity contribution in [2.24, 2.45) is 0 Å². The summed E-state index contributed by atoms with van der Waals surface area (Å²) in [7, 11) is 0. The van der Waals surface area contributed by atoms with E-state index in [0.29, 0.717) is 0 Å². The fourth-order valence-corrected chi connectivity index (χ4v) is 2.49. The van der Waals surface area contributed by atoms with Crippen molar-refractivity contribution in [2.75, 3.05) is 25.0 Å². The first-order valence-electron chi connectivity index (χ1n) is 6.58. The molecule has 1 aromatic rings. The van der Waals surface area contributed by atoms with Gasteiger partial charge in [0.15, 0.2) is 0 Å². The van der Waals surface area contributed by atoms with Gasteiger partial charge in [0.25, 0.3) is 0 Å². The maximum atomic E-state index is 5.44. The van der Waals surface area contributed by atoms with Gasteiger partial charge >= 0.3 is 0 Å². The molecule has 0 aliphatic carbocycles. The summed E-state index contributed by atoms with van der Waals surface area (Å²) >= 11 is 5.44. The van der Waals surface area contributed by atoms with Gasteiger partial charge in [-0.05, 0) is 45.0 Å². The predicted molar refractivity (Wildman–Crippen MR) is 91.9 cm³/mol. The highest BCUT2D eigenvalue weighted by Gasteiger charge is 2.08. The largest absolute Gasteiger partial charge is 0.349 e. The Kier molecular flexibility index (Phi) is 8.23. The maximum absolute atomic E-state index is 5.44. The van der Waals surface area contributed by atoms with Gasteiger partial charge in [0.05, 0.1) is 4.99 Å². The van der Waals surface area contributed by atoms with E-state index in [4.69, 9.17) is 12.2 Å². The smallest absolute Gasteiger partial charge is 0.0940 e. The number of nitrogens with one attached hydrogen (secondary N) is 1. The number of nitrogens with zero attached hydrogens (tertiary/aromatic N) is 1. The van der Waals surface area contributed by atoms with E-state index in [9.17, 15) is 0 Å². The van der Waals surface area contributed by atoms with Crippen molar-refractivity contribution in [1.82, 2.24) is 4.90 Å². The van der Waals surface area contributed by atoms with Crippen molar-refractivity contribution < 1.29 is 0 Å². The Balaban J connectivity index is 0.00000324. The lowest BCUT2D eigenvalue weighted by molar-refractivity contribution is 0.348. The standard InChI is InChI=1S/C15H24N2S.ClH/c1-6-17(7-2)10-14(18)16-15-12(4)8-11(3)9-13(15)5;/h8-9H,6-7,10H2,1-5H3,(H,16,18);1H. The van der Waals surface area contributed by atoms with E-state index in [1.807, 2.05) is 0 Å². The topological polar surface area (TPSA) is 15.3 Å². The number of benzene rings is 1. The van der Waals surface area contributed by atoms with E-state index >= 15 is 0 Å². The molecule has 1 rings (SSSR count). The second-order valence-electron chi connectivity index (χ2n) is 4.78. The first-order chi connectivity index (χ1) is 8.47. The maximum Gasteiger partial charge on any atom is 0.0940 e. The summed E-state index contributed by atoms with van der Waals surface area (Å²) in [6, 6.07) is 4.38. The Hall–Kier alpha value is -0.640. The lowest BCUT2D eigenvalue weighted by Gasteiger charge is -2.21. The number of halogens is 1. The van der Waals surface area contributed by atoms with Crippen LogP contribution < -0.4 is 5.32 Å². The highest BCUT2D eigenvalue weighted by atomic mass is 35.5. The van der Waals surface area contributed by atoms with Crippen LogP contribution in [-0.2, 0) is 0 Å². The molecule has 0 aliphatic rings. The van der Waals surface area contributed by atoms with Gasteiger partial charge in [0.1, 0.15) is 0 Å². The van der Waals surface area contributed by atoms with Crippen molar-refractivity contribution in [1.29, 1.82) is 0 Å². The summed E-state index contributed by atoms with van der Waals surface area (Å²) in [5.74, 6) is 0. The molecular weight excluding hydrogens is 276 g/mol. The first-order valence-corrected chi connectivity index (χ1v) is 6.98. The molecule has 0 unspecified atom stereocenters. The van der Waals surface area contributed by atoms with Crippen LogP contribution in [0.5, 0.6) is 0 Å². The summed E-state index contributed by atoms with van der Waals surface area (Å²) in [6.45, 7) is 13.6. The zero-order valence-electron chi connectivity index (χ0n) is 12.5. The Bertz CT molecular complexity index is 405. The molecular formula is C15H25ClN2S. The van der Waals surface area contributed by atoms with Gasteiger partial charge < -0.3 is 5.32 Å². The van der Waals surface area contributed by atoms with Gasteiger partial charge in [-0.15, -0.1) is 12.4 Å². The van der Waals surface area contributed by atoms with Crippen LogP contribution in [0.4, 0.5) is 5.69 Å². The summed E-state index contributed by atoms with van der Waals surface area (Å²) in [4.78, 5) is 3.21. The predicted octanol–water partition coefficient (Wildman–Crippen LogP) is 4.11. The molecule has 0 atom stereocenters. The molecule has 0 bridgehead atoms. The van der Waals surface area contributed by atoms with Crippen LogP contribution in [0.15, 0.2) is 12.1 Å². The molecule has 0 fully saturated rings. The fourth-order valence-electron chi connectivity index (χ4n) is 2.21. The molecule has 0 aromatic heterocycles. The van der Waals surface area contributed by atoms with Crippen molar-refractivity contribution >= 4 is 35.3 Å². The van der Waals surface area contributed by atoms with Gasteiger partial charge in [0.2, 0.25) is 0 Å². The molecule has 2 nitrogen and oxygen atoms in total. The van der Waals surface area contributed by atoms with Crippen LogP contribution in [0.25, 0.3) is 0 Å². The van der Waals surface area contributed by atoms with Crippen LogP contribution >= 0.6 is 24.6 Å². The van der Waals surface area contributed by atoms with Gasteiger partial charge in [-0.25, -0.2) is 0 Å². The second kappa shape index (κ2) is 8.51. The molecule has 0 saturated heterocycles. The van der Waals surface area contributed by atoms with Crippen molar-refractivity contribution in [2.45, 2.75) is 34.6 Å². The number of anilines is 1. The number of likely N-dealkylation sites (N-methyl/N-ethyl adjacent to an activating group) is 1. The number of hydrogen-bond donors (Lipinski definition) is 1. The minimum absolute atomic E-state index is 0. The van der Waals surface area contributed by atoms with Crippen LogP contribution in [0, 0.1) is 20.8 Å². The third-order valence-corrected chi connectivity index (χ3v) is 3.43. The molecule has 0 heterocycles. The highest BCUT2D eigenvalue weighted by Crippen LogP contribution is 2.22. The minimum atomic E-state index is 0. The van der Waals surface area contributed by atoms with Crippen LogP contribution in [0.3, 0.4) is 0 Å². The van der Waals surface area contributed by atoms with Crippen LogP contribution in [0.1, 0.15) is 30.5 Å². The summed E-state index contributed by atoms with van der Waals surface area (Å²) in [5, 5.41) is 3.39. The Morgan fingerprint density at radius 2 is 1.58 bits per heavy atom. The Morgan fingerprint density at radius 3 is 2.00 bits per heavy atom. The monoisotopic (exact) mass is 300 g/mol. The molecule has 0 spiro atoms. The van der Waals surface area contributed by atoms with Crippen molar-refractivity contribution in [3.63, 3.8) is 0 Å².